The number of hydrazine groups is 1. The smallest absolute Gasteiger partial charge is 0.142 e. The second-order valence-corrected chi connectivity index (χ2v) is 5.12. The predicted octanol–water partition coefficient (Wildman–Crippen LogP) is 4.02. The third-order valence-electron chi connectivity index (χ3n) is 3.00. The molecule has 0 radical (unpaired) electrons. The SMILES string of the molecule is NNC(Cc1ccc(Cl)cc1F)c1cccc(F)c1Cl. The second-order valence-electron chi connectivity index (χ2n) is 4.30. The fourth-order valence-corrected chi connectivity index (χ4v) is 2.37. The van der Waals surface area contributed by atoms with E-state index in [0.717, 1.165) is 0 Å². The normalized spacial score (nSPS) is 12.4. The highest BCUT2D eigenvalue weighted by Crippen LogP contribution is 2.28. The Morgan fingerprint density at radius 2 is 1.85 bits per heavy atom. The topological polar surface area (TPSA) is 38.0 Å². The average Bonchev–Trinajstić information content (AvgIpc) is 2.42. The highest BCUT2D eigenvalue weighted by Gasteiger charge is 2.18. The summed E-state index contributed by atoms with van der Waals surface area (Å²) >= 11 is 11.6. The zero-order chi connectivity index (χ0) is 14.7. The van der Waals surface area contributed by atoms with Gasteiger partial charge in [0.15, 0.2) is 0 Å². The molecule has 20 heavy (non-hydrogen) atoms. The van der Waals surface area contributed by atoms with Crippen LogP contribution >= 0.6 is 23.2 Å². The van der Waals surface area contributed by atoms with E-state index >= 15 is 0 Å². The lowest BCUT2D eigenvalue weighted by molar-refractivity contribution is 0.525. The van der Waals surface area contributed by atoms with Crippen LogP contribution in [0.3, 0.4) is 0 Å². The molecule has 0 aliphatic carbocycles. The summed E-state index contributed by atoms with van der Waals surface area (Å²) in [6.45, 7) is 0. The standard InChI is InChI=1S/C14H12Cl2F2N2/c15-9-5-4-8(12(18)7-9)6-13(20-19)10-2-1-3-11(17)14(10)16/h1-5,7,13,20H,6,19H2. The van der Waals surface area contributed by atoms with E-state index < -0.39 is 17.7 Å². The average molecular weight is 317 g/mol. The minimum Gasteiger partial charge on any atom is -0.271 e. The van der Waals surface area contributed by atoms with E-state index in [-0.39, 0.29) is 11.4 Å². The number of halogens is 4. The molecule has 0 aromatic heterocycles. The van der Waals surface area contributed by atoms with E-state index in [1.54, 1.807) is 18.2 Å². The highest BCUT2D eigenvalue weighted by molar-refractivity contribution is 6.31. The van der Waals surface area contributed by atoms with Crippen LogP contribution < -0.4 is 11.3 Å². The molecule has 0 saturated heterocycles. The lowest BCUT2D eigenvalue weighted by Gasteiger charge is -2.18. The minimum absolute atomic E-state index is 0.0233. The zero-order valence-corrected chi connectivity index (χ0v) is 11.8. The van der Waals surface area contributed by atoms with Crippen LogP contribution in [0.1, 0.15) is 17.2 Å². The third-order valence-corrected chi connectivity index (χ3v) is 3.63. The summed E-state index contributed by atoms with van der Waals surface area (Å²) in [5.41, 5.74) is 3.42. The third kappa shape index (κ3) is 3.27. The molecule has 2 aromatic rings. The molecule has 0 fully saturated rings. The molecule has 0 heterocycles. The van der Waals surface area contributed by atoms with Crippen molar-refractivity contribution < 1.29 is 8.78 Å². The molecule has 0 aliphatic rings. The fourth-order valence-electron chi connectivity index (χ4n) is 1.96. The minimum atomic E-state index is -0.541. The van der Waals surface area contributed by atoms with Gasteiger partial charge in [0.1, 0.15) is 11.6 Å². The first-order valence-electron chi connectivity index (χ1n) is 5.87. The molecule has 1 atom stereocenters. The van der Waals surface area contributed by atoms with Crippen LogP contribution in [0.4, 0.5) is 8.78 Å². The first-order chi connectivity index (χ1) is 9.52. The summed E-state index contributed by atoms with van der Waals surface area (Å²) in [5.74, 6) is 4.49. The molecule has 2 rings (SSSR count). The molecular weight excluding hydrogens is 305 g/mol. The first kappa shape index (κ1) is 15.2. The van der Waals surface area contributed by atoms with Gasteiger partial charge in [-0.3, -0.25) is 11.3 Å². The Labute approximate surface area is 125 Å². The number of nitrogens with two attached hydrogens (primary N) is 1. The van der Waals surface area contributed by atoms with Crippen molar-refractivity contribution in [3.05, 3.63) is 69.2 Å². The van der Waals surface area contributed by atoms with Crippen LogP contribution in [0, 0.1) is 11.6 Å². The molecule has 1 unspecified atom stereocenters. The van der Waals surface area contributed by atoms with Crippen LogP contribution in [0.25, 0.3) is 0 Å². The van der Waals surface area contributed by atoms with Crippen molar-refractivity contribution in [1.82, 2.24) is 5.43 Å². The fraction of sp³-hybridized carbons (Fsp3) is 0.143. The molecule has 2 nitrogen and oxygen atoms in total. The summed E-state index contributed by atoms with van der Waals surface area (Å²) in [5, 5.41) is 0.289. The summed E-state index contributed by atoms with van der Waals surface area (Å²) in [4.78, 5) is 0. The van der Waals surface area contributed by atoms with Crippen LogP contribution in [-0.2, 0) is 6.42 Å². The van der Waals surface area contributed by atoms with Crippen LogP contribution in [-0.4, -0.2) is 0 Å². The monoisotopic (exact) mass is 316 g/mol. The molecule has 0 spiro atoms. The number of nitrogens with one attached hydrogen (secondary N) is 1. The maximum absolute atomic E-state index is 13.8. The predicted molar refractivity (Wildman–Crippen MR) is 76.6 cm³/mol. The summed E-state index contributed by atoms with van der Waals surface area (Å²) in [7, 11) is 0. The van der Waals surface area contributed by atoms with Gasteiger partial charge in [-0.05, 0) is 35.7 Å². The summed E-state index contributed by atoms with van der Waals surface area (Å²) in [6.07, 6.45) is 0.225. The van der Waals surface area contributed by atoms with Crippen molar-refractivity contribution in [3.63, 3.8) is 0 Å². The lowest BCUT2D eigenvalue weighted by Crippen LogP contribution is -2.30. The van der Waals surface area contributed by atoms with Crippen molar-refractivity contribution in [2.75, 3.05) is 0 Å². The maximum Gasteiger partial charge on any atom is 0.142 e. The molecule has 6 heteroatoms. The van der Waals surface area contributed by atoms with E-state index in [1.807, 2.05) is 0 Å². The quantitative estimate of drug-likeness (QED) is 0.660. The largest absolute Gasteiger partial charge is 0.271 e. The Kier molecular flexibility index (Phi) is 4.94. The van der Waals surface area contributed by atoms with Gasteiger partial charge in [-0.1, -0.05) is 41.4 Å². The van der Waals surface area contributed by atoms with Crippen molar-refractivity contribution in [3.8, 4) is 0 Å². The number of rotatable bonds is 4. The van der Waals surface area contributed by atoms with Crippen molar-refractivity contribution in [2.24, 2.45) is 5.84 Å². The Morgan fingerprint density at radius 3 is 2.50 bits per heavy atom. The van der Waals surface area contributed by atoms with Crippen molar-refractivity contribution >= 4 is 23.2 Å². The van der Waals surface area contributed by atoms with E-state index in [2.05, 4.69) is 5.43 Å². The van der Waals surface area contributed by atoms with Gasteiger partial charge >= 0.3 is 0 Å². The number of hydrogen-bond donors (Lipinski definition) is 2. The molecule has 2 aromatic carbocycles. The maximum atomic E-state index is 13.8. The molecular formula is C14H12Cl2F2N2. The van der Waals surface area contributed by atoms with E-state index in [1.165, 1.54) is 18.2 Å². The van der Waals surface area contributed by atoms with Crippen LogP contribution in [0.15, 0.2) is 36.4 Å². The Hall–Kier alpha value is -1.20. The van der Waals surface area contributed by atoms with Gasteiger partial charge in [-0.2, -0.15) is 0 Å². The van der Waals surface area contributed by atoms with Gasteiger partial charge < -0.3 is 0 Å². The van der Waals surface area contributed by atoms with Crippen LogP contribution in [0.5, 0.6) is 0 Å². The Balaban J connectivity index is 2.31. The van der Waals surface area contributed by atoms with Crippen molar-refractivity contribution in [1.29, 1.82) is 0 Å². The number of benzene rings is 2. The van der Waals surface area contributed by atoms with Gasteiger partial charge in [0, 0.05) is 5.02 Å². The zero-order valence-electron chi connectivity index (χ0n) is 10.3. The van der Waals surface area contributed by atoms with Gasteiger partial charge in [-0.15, -0.1) is 0 Å². The molecule has 106 valence electrons. The lowest BCUT2D eigenvalue weighted by atomic mass is 9.99. The first-order valence-corrected chi connectivity index (χ1v) is 6.62. The Morgan fingerprint density at radius 1 is 1.10 bits per heavy atom. The van der Waals surface area contributed by atoms with Gasteiger partial charge in [-0.25, -0.2) is 8.78 Å². The highest BCUT2D eigenvalue weighted by atomic mass is 35.5. The summed E-state index contributed by atoms with van der Waals surface area (Å²) in [6, 6.07) is 8.28. The molecule has 0 aliphatic heterocycles. The van der Waals surface area contributed by atoms with E-state index in [0.29, 0.717) is 16.1 Å². The molecule has 0 amide bonds. The molecule has 0 bridgehead atoms. The van der Waals surface area contributed by atoms with Gasteiger partial charge in [0.05, 0.1) is 11.1 Å². The van der Waals surface area contributed by atoms with Crippen LogP contribution in [0.2, 0.25) is 10.0 Å². The second kappa shape index (κ2) is 6.50. The van der Waals surface area contributed by atoms with E-state index in [4.69, 9.17) is 29.0 Å². The van der Waals surface area contributed by atoms with Gasteiger partial charge in [0.25, 0.3) is 0 Å². The molecule has 0 saturated carbocycles. The number of hydrogen-bond acceptors (Lipinski definition) is 2. The Bertz CT molecular complexity index is 620. The molecule has 3 N–H and O–H groups in total. The van der Waals surface area contributed by atoms with E-state index in [9.17, 15) is 8.78 Å². The van der Waals surface area contributed by atoms with Gasteiger partial charge in [0.2, 0.25) is 0 Å². The van der Waals surface area contributed by atoms with Crippen molar-refractivity contribution in [2.45, 2.75) is 12.5 Å². The summed E-state index contributed by atoms with van der Waals surface area (Å²) < 4.78 is 27.2.